The Hall–Kier alpha value is -1.22. The zero-order valence-electron chi connectivity index (χ0n) is 16.8. The summed E-state index contributed by atoms with van der Waals surface area (Å²) in [6.45, 7) is -0.194. The fourth-order valence-corrected chi connectivity index (χ4v) is 3.39. The van der Waals surface area contributed by atoms with Gasteiger partial charge in [-0.1, -0.05) is 38.5 Å². The number of aliphatic imine (C=N–C) groups is 2. The van der Waals surface area contributed by atoms with Gasteiger partial charge in [-0.2, -0.15) is 0 Å². The molecule has 8 heteroatoms. The largest absolute Gasteiger partial charge is 0.478 e. The SMILES string of the molecule is OCC1(CO)COC(CCCCCCCCCCC2=NC(CO)(CO)CO2)=N1. The second-order valence-corrected chi connectivity index (χ2v) is 8.00. The molecule has 0 saturated heterocycles. The van der Waals surface area contributed by atoms with Gasteiger partial charge in [0.25, 0.3) is 0 Å². The maximum atomic E-state index is 9.29. The van der Waals surface area contributed by atoms with Crippen molar-refractivity contribution in [1.82, 2.24) is 0 Å². The summed E-state index contributed by atoms with van der Waals surface area (Å²) in [7, 11) is 0. The number of nitrogens with zero attached hydrogens (tertiary/aromatic N) is 2. The van der Waals surface area contributed by atoms with E-state index < -0.39 is 11.1 Å². The monoisotopic (exact) mass is 400 g/mol. The molecular weight excluding hydrogens is 364 g/mol. The van der Waals surface area contributed by atoms with Gasteiger partial charge in [0.1, 0.15) is 24.3 Å². The minimum atomic E-state index is -0.831. The van der Waals surface area contributed by atoms with E-state index in [1.807, 2.05) is 0 Å². The maximum Gasteiger partial charge on any atom is 0.184 e. The van der Waals surface area contributed by atoms with E-state index in [1.54, 1.807) is 0 Å². The van der Waals surface area contributed by atoms with Crippen molar-refractivity contribution in [2.24, 2.45) is 9.98 Å². The lowest BCUT2D eigenvalue weighted by molar-refractivity contribution is 0.0969. The van der Waals surface area contributed by atoms with Crippen molar-refractivity contribution in [2.45, 2.75) is 75.3 Å². The number of unbranched alkanes of at least 4 members (excludes halogenated alkanes) is 7. The molecule has 0 unspecified atom stereocenters. The number of hydrogen-bond acceptors (Lipinski definition) is 8. The summed E-state index contributed by atoms with van der Waals surface area (Å²) in [5.41, 5.74) is -1.66. The Morgan fingerprint density at radius 2 is 0.893 bits per heavy atom. The van der Waals surface area contributed by atoms with Gasteiger partial charge in [-0.25, -0.2) is 9.98 Å². The summed E-state index contributed by atoms with van der Waals surface area (Å²) in [5.74, 6) is 1.32. The molecule has 2 aliphatic heterocycles. The highest BCUT2D eigenvalue weighted by Crippen LogP contribution is 2.22. The molecule has 0 radical (unpaired) electrons. The van der Waals surface area contributed by atoms with Crippen LogP contribution in [0.25, 0.3) is 0 Å². The van der Waals surface area contributed by atoms with E-state index in [0.717, 1.165) is 38.5 Å². The smallest absolute Gasteiger partial charge is 0.184 e. The number of rotatable bonds is 15. The zero-order chi connectivity index (χ0) is 20.3. The molecule has 2 aliphatic rings. The van der Waals surface area contributed by atoms with Crippen molar-refractivity contribution in [2.75, 3.05) is 39.6 Å². The number of aliphatic hydroxyl groups is 4. The van der Waals surface area contributed by atoms with Crippen molar-refractivity contribution in [1.29, 1.82) is 0 Å². The van der Waals surface area contributed by atoms with Crippen molar-refractivity contribution in [3.05, 3.63) is 0 Å². The highest BCUT2D eigenvalue weighted by Gasteiger charge is 2.36. The Bertz CT molecular complexity index is 469. The van der Waals surface area contributed by atoms with E-state index in [9.17, 15) is 20.4 Å². The van der Waals surface area contributed by atoms with Gasteiger partial charge in [-0.15, -0.1) is 0 Å². The van der Waals surface area contributed by atoms with Crippen molar-refractivity contribution in [3.8, 4) is 0 Å². The molecule has 0 spiro atoms. The molecule has 0 amide bonds. The predicted molar refractivity (Wildman–Crippen MR) is 107 cm³/mol. The standard InChI is InChI=1S/C20H36N2O6/c23-11-19(12-24)15-27-17(21-19)9-7-5-3-1-2-4-6-8-10-18-22-20(13-25,14-26)16-28-18/h23-26H,1-16H2. The first-order valence-electron chi connectivity index (χ1n) is 10.5. The van der Waals surface area contributed by atoms with Crippen molar-refractivity contribution in [3.63, 3.8) is 0 Å². The van der Waals surface area contributed by atoms with Crippen LogP contribution < -0.4 is 0 Å². The molecule has 2 rings (SSSR count). The van der Waals surface area contributed by atoms with E-state index in [1.165, 1.54) is 25.7 Å². The van der Waals surface area contributed by atoms with Crippen LogP contribution in [0.3, 0.4) is 0 Å². The van der Waals surface area contributed by atoms with Crippen LogP contribution in [0.15, 0.2) is 9.98 Å². The first kappa shape index (κ1) is 23.1. The van der Waals surface area contributed by atoms with E-state index >= 15 is 0 Å². The molecule has 28 heavy (non-hydrogen) atoms. The highest BCUT2D eigenvalue weighted by molar-refractivity contribution is 5.78. The molecule has 0 aromatic carbocycles. The van der Waals surface area contributed by atoms with Crippen LogP contribution in [0.2, 0.25) is 0 Å². The summed E-state index contributed by atoms with van der Waals surface area (Å²) in [4.78, 5) is 8.65. The molecule has 0 aromatic rings. The van der Waals surface area contributed by atoms with Crippen LogP contribution in [0.5, 0.6) is 0 Å². The third-order valence-electron chi connectivity index (χ3n) is 5.45. The third kappa shape index (κ3) is 6.69. The van der Waals surface area contributed by atoms with Crippen LogP contribution >= 0.6 is 0 Å². The normalized spacial score (nSPS) is 19.9. The summed E-state index contributed by atoms with van der Waals surface area (Å²) >= 11 is 0. The van der Waals surface area contributed by atoms with Gasteiger partial charge in [-0.3, -0.25) is 0 Å². The second-order valence-electron chi connectivity index (χ2n) is 8.00. The lowest BCUT2D eigenvalue weighted by Crippen LogP contribution is -2.37. The Kier molecular flexibility index (Phi) is 9.64. The van der Waals surface area contributed by atoms with Gasteiger partial charge in [-0.05, 0) is 12.8 Å². The van der Waals surface area contributed by atoms with Crippen LogP contribution in [-0.4, -0.2) is 82.9 Å². The molecule has 0 fully saturated rings. The molecule has 8 nitrogen and oxygen atoms in total. The average molecular weight is 401 g/mol. The van der Waals surface area contributed by atoms with E-state index in [2.05, 4.69) is 9.98 Å². The summed E-state index contributed by atoms with van der Waals surface area (Å²) in [5, 5.41) is 37.2. The quantitative estimate of drug-likeness (QED) is 0.306. The van der Waals surface area contributed by atoms with Crippen LogP contribution in [0.4, 0.5) is 0 Å². The first-order valence-corrected chi connectivity index (χ1v) is 10.5. The Morgan fingerprint density at radius 1 is 0.571 bits per heavy atom. The lowest BCUT2D eigenvalue weighted by Gasteiger charge is -2.16. The first-order chi connectivity index (χ1) is 13.6. The topological polar surface area (TPSA) is 124 Å². The van der Waals surface area contributed by atoms with E-state index in [4.69, 9.17) is 9.47 Å². The van der Waals surface area contributed by atoms with Crippen molar-refractivity contribution < 1.29 is 29.9 Å². The Labute approximate surface area is 167 Å². The number of aliphatic hydroxyl groups excluding tert-OH is 4. The minimum Gasteiger partial charge on any atom is -0.478 e. The lowest BCUT2D eigenvalue weighted by atomic mass is 10.1. The van der Waals surface area contributed by atoms with E-state index in [0.29, 0.717) is 11.8 Å². The van der Waals surface area contributed by atoms with Crippen LogP contribution in [-0.2, 0) is 9.47 Å². The van der Waals surface area contributed by atoms with Gasteiger partial charge in [0.05, 0.1) is 26.4 Å². The molecule has 0 saturated carbocycles. The molecule has 4 N–H and O–H groups in total. The summed E-state index contributed by atoms with van der Waals surface area (Å²) < 4.78 is 10.9. The fourth-order valence-electron chi connectivity index (χ4n) is 3.39. The zero-order valence-corrected chi connectivity index (χ0v) is 16.8. The third-order valence-corrected chi connectivity index (χ3v) is 5.45. The molecular formula is C20H36N2O6. The number of ether oxygens (including phenoxy) is 2. The van der Waals surface area contributed by atoms with Gasteiger partial charge in [0.2, 0.25) is 0 Å². The molecule has 0 aliphatic carbocycles. The molecule has 0 aromatic heterocycles. The van der Waals surface area contributed by atoms with Gasteiger partial charge >= 0.3 is 0 Å². The summed E-state index contributed by atoms with van der Waals surface area (Å²) in [6.07, 6.45) is 10.6. The van der Waals surface area contributed by atoms with Gasteiger partial charge in [0, 0.05) is 12.8 Å². The minimum absolute atomic E-state index is 0.184. The van der Waals surface area contributed by atoms with E-state index in [-0.39, 0.29) is 39.6 Å². The van der Waals surface area contributed by atoms with Crippen molar-refractivity contribution >= 4 is 11.8 Å². The Morgan fingerprint density at radius 3 is 1.18 bits per heavy atom. The Balaban J connectivity index is 1.44. The van der Waals surface area contributed by atoms with Crippen LogP contribution in [0, 0.1) is 0 Å². The van der Waals surface area contributed by atoms with Gasteiger partial charge < -0.3 is 29.9 Å². The highest BCUT2D eigenvalue weighted by atomic mass is 16.5. The summed E-state index contributed by atoms with van der Waals surface area (Å²) in [6, 6.07) is 0. The van der Waals surface area contributed by atoms with Crippen LogP contribution in [0.1, 0.15) is 64.2 Å². The van der Waals surface area contributed by atoms with Gasteiger partial charge in [0.15, 0.2) is 11.8 Å². The molecule has 0 bridgehead atoms. The second kappa shape index (κ2) is 11.7. The molecule has 2 heterocycles. The maximum absolute atomic E-state index is 9.29. The predicted octanol–water partition coefficient (Wildman–Crippen LogP) is 1.19. The molecule has 0 atom stereocenters. The average Bonchev–Trinajstić information content (AvgIpc) is 3.34. The molecule has 162 valence electrons. The fraction of sp³-hybridized carbons (Fsp3) is 0.900. The number of hydrogen-bond donors (Lipinski definition) is 4.